The van der Waals surface area contributed by atoms with Crippen LogP contribution in [0.5, 0.6) is 0 Å². The van der Waals surface area contributed by atoms with E-state index in [1.807, 2.05) is 0 Å². The predicted molar refractivity (Wildman–Crippen MR) is 263 cm³/mol. The smallest absolute Gasteiger partial charge is 0.0468 e. The lowest BCUT2D eigenvalue weighted by Gasteiger charge is -2.37. The minimum atomic E-state index is -0.185. The second-order valence-electron chi connectivity index (χ2n) is 16.9. The summed E-state index contributed by atoms with van der Waals surface area (Å²) in [5, 5.41) is 2.62. The molecule has 0 aromatic heterocycles. The number of hydrogen-bond acceptors (Lipinski definition) is 1. The summed E-state index contributed by atoms with van der Waals surface area (Å²) in [5.41, 5.74) is 20.6. The molecule has 1 aliphatic rings. The van der Waals surface area contributed by atoms with Crippen molar-refractivity contribution in [3.8, 4) is 66.8 Å². The lowest BCUT2D eigenvalue weighted by atomic mass is 9.67. The fourth-order valence-corrected chi connectivity index (χ4v) is 9.63. The number of benzene rings is 10. The van der Waals surface area contributed by atoms with Gasteiger partial charge in [0.15, 0.2) is 0 Å². The molecule has 10 aromatic carbocycles. The van der Waals surface area contributed by atoms with Crippen LogP contribution in [0.3, 0.4) is 0 Å². The molecule has 1 nitrogen and oxygen atoms in total. The van der Waals surface area contributed by atoms with Crippen LogP contribution in [0.1, 0.15) is 25.0 Å². The van der Waals surface area contributed by atoms with Crippen LogP contribution in [0.4, 0.5) is 17.1 Å². The van der Waals surface area contributed by atoms with E-state index in [1.54, 1.807) is 0 Å². The first-order chi connectivity index (χ1) is 30.5. The Morgan fingerprint density at radius 3 is 1.16 bits per heavy atom. The highest BCUT2D eigenvalue weighted by Gasteiger charge is 2.35. The van der Waals surface area contributed by atoms with Gasteiger partial charge in [0.05, 0.1) is 0 Å². The van der Waals surface area contributed by atoms with Gasteiger partial charge in [0.1, 0.15) is 0 Å². The van der Waals surface area contributed by atoms with Crippen LogP contribution in [-0.4, -0.2) is 0 Å². The quantitative estimate of drug-likeness (QED) is 0.148. The van der Waals surface area contributed by atoms with Crippen molar-refractivity contribution in [1.82, 2.24) is 0 Å². The summed E-state index contributed by atoms with van der Waals surface area (Å²) in [7, 11) is 0. The van der Waals surface area contributed by atoms with Crippen molar-refractivity contribution >= 4 is 27.8 Å². The lowest BCUT2D eigenvalue weighted by Crippen LogP contribution is -2.24. The molecule has 0 fully saturated rings. The SMILES string of the molecule is CC1(C)c2ccc(N(c3ccc(-c4ccc(-c5ccccc5)cc4)cc3)c3ccc(-c4ccc(-c5ccccc5)cc4)cc3)cc2-c2c(-c3ccccc3)ccc3cccc1c23. The van der Waals surface area contributed by atoms with Crippen molar-refractivity contribution in [2.24, 2.45) is 0 Å². The van der Waals surface area contributed by atoms with Gasteiger partial charge in [-0.15, -0.1) is 0 Å². The Hall–Kier alpha value is -7.74. The zero-order chi connectivity index (χ0) is 41.6. The van der Waals surface area contributed by atoms with Crippen molar-refractivity contribution in [1.29, 1.82) is 0 Å². The molecule has 62 heavy (non-hydrogen) atoms. The van der Waals surface area contributed by atoms with Crippen molar-refractivity contribution in [3.63, 3.8) is 0 Å². The Balaban J connectivity index is 1.03. The van der Waals surface area contributed by atoms with Gasteiger partial charge >= 0.3 is 0 Å². The van der Waals surface area contributed by atoms with Gasteiger partial charge in [-0.1, -0.05) is 214 Å². The van der Waals surface area contributed by atoms with Gasteiger partial charge in [-0.05, 0) is 125 Å². The molecule has 1 aliphatic carbocycles. The molecule has 11 rings (SSSR count). The molecule has 0 saturated heterocycles. The summed E-state index contributed by atoms with van der Waals surface area (Å²) in [5.74, 6) is 0. The average molecular weight is 792 g/mol. The molecule has 0 N–H and O–H groups in total. The minimum Gasteiger partial charge on any atom is -0.310 e. The Labute approximate surface area is 364 Å². The first-order valence-corrected chi connectivity index (χ1v) is 21.6. The Kier molecular flexibility index (Phi) is 9.24. The van der Waals surface area contributed by atoms with Crippen molar-refractivity contribution in [2.45, 2.75) is 19.3 Å². The third kappa shape index (κ3) is 6.60. The number of hydrogen-bond donors (Lipinski definition) is 0. The second kappa shape index (κ2) is 15.4. The molecule has 0 bridgehead atoms. The van der Waals surface area contributed by atoms with Crippen LogP contribution in [0, 0.1) is 0 Å². The van der Waals surface area contributed by atoms with Gasteiger partial charge in [0.2, 0.25) is 0 Å². The van der Waals surface area contributed by atoms with E-state index < -0.39 is 0 Å². The standard InChI is InChI=1S/C61H45N/c1-61(2)57-40-38-54(41-56(57)60-55(50-17-10-5-11-18-50)39-33-51-19-12-20-58(61)59(51)60)62(52-34-29-48(30-35-52)46-25-21-44(22-26-46)42-13-6-3-7-14-42)53-36-31-49(32-37-53)47-27-23-45(24-28-47)43-15-8-4-9-16-43/h3-41H,1-2H3. The van der Waals surface area contributed by atoms with Crippen molar-refractivity contribution in [2.75, 3.05) is 4.90 Å². The summed E-state index contributed by atoms with van der Waals surface area (Å²) < 4.78 is 0. The molecule has 0 aliphatic heterocycles. The summed E-state index contributed by atoms with van der Waals surface area (Å²) in [6.07, 6.45) is 0. The molecule has 0 amide bonds. The Bertz CT molecular complexity index is 3060. The van der Waals surface area contributed by atoms with Crippen LogP contribution in [0.15, 0.2) is 237 Å². The van der Waals surface area contributed by atoms with Gasteiger partial charge in [-0.25, -0.2) is 0 Å². The molecule has 10 aromatic rings. The van der Waals surface area contributed by atoms with Crippen LogP contribution < -0.4 is 4.90 Å². The van der Waals surface area contributed by atoms with Crippen molar-refractivity contribution < 1.29 is 0 Å². The van der Waals surface area contributed by atoms with E-state index >= 15 is 0 Å². The van der Waals surface area contributed by atoms with Crippen LogP contribution in [0.2, 0.25) is 0 Å². The lowest BCUT2D eigenvalue weighted by molar-refractivity contribution is 0.645. The fourth-order valence-electron chi connectivity index (χ4n) is 9.63. The molecular formula is C61H45N. The molecule has 0 saturated carbocycles. The van der Waals surface area contributed by atoms with Crippen LogP contribution in [-0.2, 0) is 5.41 Å². The number of nitrogens with zero attached hydrogens (tertiary/aromatic N) is 1. The third-order valence-electron chi connectivity index (χ3n) is 12.9. The van der Waals surface area contributed by atoms with E-state index in [0.717, 1.165) is 17.1 Å². The highest BCUT2D eigenvalue weighted by atomic mass is 15.1. The molecule has 294 valence electrons. The maximum Gasteiger partial charge on any atom is 0.0468 e. The van der Waals surface area contributed by atoms with Crippen LogP contribution in [0.25, 0.3) is 77.5 Å². The zero-order valence-electron chi connectivity index (χ0n) is 35.0. The van der Waals surface area contributed by atoms with E-state index in [4.69, 9.17) is 0 Å². The Morgan fingerprint density at radius 1 is 0.290 bits per heavy atom. The molecule has 0 radical (unpaired) electrons. The van der Waals surface area contributed by atoms with E-state index in [-0.39, 0.29) is 5.41 Å². The average Bonchev–Trinajstić information content (AvgIpc) is 3.34. The largest absolute Gasteiger partial charge is 0.310 e. The number of rotatable bonds is 8. The second-order valence-corrected chi connectivity index (χ2v) is 16.9. The van der Waals surface area contributed by atoms with Crippen LogP contribution >= 0.6 is 0 Å². The summed E-state index contributed by atoms with van der Waals surface area (Å²) in [6.45, 7) is 4.76. The Morgan fingerprint density at radius 2 is 0.694 bits per heavy atom. The van der Waals surface area contributed by atoms with Gasteiger partial charge in [-0.2, -0.15) is 0 Å². The first kappa shape index (κ1) is 37.3. The molecule has 0 unspecified atom stereocenters. The van der Waals surface area contributed by atoms with E-state index in [0.29, 0.717) is 0 Å². The molecule has 0 atom stereocenters. The third-order valence-corrected chi connectivity index (χ3v) is 12.9. The number of anilines is 3. The van der Waals surface area contributed by atoms with E-state index in [9.17, 15) is 0 Å². The zero-order valence-corrected chi connectivity index (χ0v) is 35.0. The molecule has 0 heterocycles. The number of fused-ring (bicyclic) bond motifs is 2. The summed E-state index contributed by atoms with van der Waals surface area (Å²) >= 11 is 0. The van der Waals surface area contributed by atoms with Gasteiger partial charge in [-0.3, -0.25) is 0 Å². The highest BCUT2D eigenvalue weighted by Crippen LogP contribution is 2.53. The van der Waals surface area contributed by atoms with E-state index in [2.05, 4.69) is 255 Å². The first-order valence-electron chi connectivity index (χ1n) is 21.6. The maximum absolute atomic E-state index is 2.45. The molecule has 0 spiro atoms. The predicted octanol–water partition coefficient (Wildman–Crippen LogP) is 17.0. The summed E-state index contributed by atoms with van der Waals surface area (Å²) in [6, 6.07) is 86.5. The van der Waals surface area contributed by atoms with Gasteiger partial charge in [0, 0.05) is 22.5 Å². The van der Waals surface area contributed by atoms with Gasteiger partial charge < -0.3 is 4.90 Å². The van der Waals surface area contributed by atoms with E-state index in [1.165, 1.54) is 88.7 Å². The molecular weight excluding hydrogens is 747 g/mol. The van der Waals surface area contributed by atoms with Gasteiger partial charge in [0.25, 0.3) is 0 Å². The monoisotopic (exact) mass is 791 g/mol. The van der Waals surface area contributed by atoms with Crippen molar-refractivity contribution in [3.05, 3.63) is 248 Å². The summed E-state index contributed by atoms with van der Waals surface area (Å²) in [4.78, 5) is 2.42. The fraction of sp³-hybridized carbons (Fsp3) is 0.0492. The maximum atomic E-state index is 2.45. The normalized spacial score (nSPS) is 12.5. The topological polar surface area (TPSA) is 3.24 Å². The molecule has 1 heteroatoms. The highest BCUT2D eigenvalue weighted by molar-refractivity contribution is 6.09. The minimum absolute atomic E-state index is 0.185.